The molecule has 6 nitrogen and oxygen atoms in total. The highest BCUT2D eigenvalue weighted by atomic mass is 35.5. The smallest absolute Gasteiger partial charge is 0.261 e. The van der Waals surface area contributed by atoms with Crippen molar-refractivity contribution in [3.05, 3.63) is 82.4 Å². The van der Waals surface area contributed by atoms with Gasteiger partial charge in [0.25, 0.3) is 11.8 Å². The number of fused-ring (bicyclic) bond motifs is 2. The van der Waals surface area contributed by atoms with Crippen molar-refractivity contribution in [3.63, 3.8) is 0 Å². The molecule has 0 bridgehead atoms. The number of aromatic nitrogens is 1. The van der Waals surface area contributed by atoms with Gasteiger partial charge in [-0.2, -0.15) is 0 Å². The summed E-state index contributed by atoms with van der Waals surface area (Å²) in [5.41, 5.74) is 0.908. The molecule has 1 aromatic heterocycles. The lowest BCUT2D eigenvalue weighted by molar-refractivity contribution is 0.0631. The Morgan fingerprint density at radius 1 is 0.938 bits per heavy atom. The molecule has 32 heavy (non-hydrogen) atoms. The van der Waals surface area contributed by atoms with E-state index >= 15 is 0 Å². The van der Waals surface area contributed by atoms with Crippen LogP contribution in [0, 0.1) is 11.6 Å². The first-order valence-corrected chi connectivity index (χ1v) is 9.95. The van der Waals surface area contributed by atoms with E-state index in [1.807, 2.05) is 0 Å². The maximum absolute atomic E-state index is 14.2. The first kappa shape index (κ1) is 20.1. The van der Waals surface area contributed by atoms with Gasteiger partial charge < -0.3 is 9.26 Å². The van der Waals surface area contributed by atoms with Gasteiger partial charge in [0.1, 0.15) is 23.1 Å². The Labute approximate surface area is 184 Å². The molecule has 0 saturated carbocycles. The van der Waals surface area contributed by atoms with E-state index in [4.69, 9.17) is 20.9 Å². The van der Waals surface area contributed by atoms with Crippen LogP contribution in [0.25, 0.3) is 22.2 Å². The van der Waals surface area contributed by atoms with Gasteiger partial charge in [-0.05, 0) is 36.4 Å². The number of imide groups is 1. The minimum atomic E-state index is -1.04. The van der Waals surface area contributed by atoms with Crippen molar-refractivity contribution in [1.29, 1.82) is 0 Å². The molecule has 5 rings (SSSR count). The van der Waals surface area contributed by atoms with Crippen LogP contribution in [-0.4, -0.2) is 35.0 Å². The molecule has 160 valence electrons. The molecular weight excluding hydrogens is 442 g/mol. The van der Waals surface area contributed by atoms with Gasteiger partial charge >= 0.3 is 0 Å². The topological polar surface area (TPSA) is 72.6 Å². The van der Waals surface area contributed by atoms with E-state index in [2.05, 4.69) is 5.16 Å². The normalized spacial score (nSPS) is 13.2. The second kappa shape index (κ2) is 7.72. The van der Waals surface area contributed by atoms with E-state index in [0.29, 0.717) is 16.5 Å². The largest absolute Gasteiger partial charge is 0.490 e. The van der Waals surface area contributed by atoms with E-state index in [-0.39, 0.29) is 52.6 Å². The third-order valence-electron chi connectivity index (χ3n) is 5.20. The number of hydrogen-bond acceptors (Lipinski definition) is 5. The summed E-state index contributed by atoms with van der Waals surface area (Å²) in [6.07, 6.45) is 0. The van der Waals surface area contributed by atoms with Crippen LogP contribution in [0.4, 0.5) is 8.78 Å². The predicted molar refractivity (Wildman–Crippen MR) is 112 cm³/mol. The minimum absolute atomic E-state index is 0.00376. The molecule has 2 heterocycles. The molecule has 0 atom stereocenters. The Bertz CT molecular complexity index is 1370. The summed E-state index contributed by atoms with van der Waals surface area (Å²) < 4.78 is 38.7. The molecule has 0 spiro atoms. The summed E-state index contributed by atoms with van der Waals surface area (Å²) in [4.78, 5) is 26.0. The van der Waals surface area contributed by atoms with Gasteiger partial charge in [-0.3, -0.25) is 14.5 Å². The number of carbonyl (C=O) groups excluding carboxylic acids is 2. The fourth-order valence-electron chi connectivity index (χ4n) is 3.64. The van der Waals surface area contributed by atoms with Crippen LogP contribution in [0.5, 0.6) is 5.75 Å². The molecule has 9 heteroatoms. The summed E-state index contributed by atoms with van der Waals surface area (Å²) in [6.45, 7) is 0.0209. The Morgan fingerprint density at radius 3 is 2.34 bits per heavy atom. The molecule has 3 aromatic carbocycles. The van der Waals surface area contributed by atoms with Crippen molar-refractivity contribution in [2.24, 2.45) is 0 Å². The van der Waals surface area contributed by atoms with E-state index in [1.165, 1.54) is 18.2 Å². The van der Waals surface area contributed by atoms with Crippen LogP contribution >= 0.6 is 11.6 Å². The van der Waals surface area contributed by atoms with E-state index in [0.717, 1.165) is 11.0 Å². The van der Waals surface area contributed by atoms with Gasteiger partial charge in [-0.1, -0.05) is 35.0 Å². The highest BCUT2D eigenvalue weighted by Gasteiger charge is 2.34. The van der Waals surface area contributed by atoms with E-state index in [9.17, 15) is 18.4 Å². The zero-order valence-corrected chi connectivity index (χ0v) is 17.0. The quantitative estimate of drug-likeness (QED) is 0.392. The lowest BCUT2D eigenvalue weighted by Crippen LogP contribution is -2.33. The summed E-state index contributed by atoms with van der Waals surface area (Å²) in [7, 11) is 0. The standard InChI is InChI=1S/C23H13ClF2N2O4/c24-18-17(31-11-10-28-22(29)12-4-1-2-5-13(12)23(28)30)9-8-15-20(27-32-21(15)18)14-6-3-7-16(25)19(14)26/h1-9H,10-11H2. The summed E-state index contributed by atoms with van der Waals surface area (Å²) in [5, 5.41) is 4.30. The molecule has 0 saturated heterocycles. The first-order chi connectivity index (χ1) is 15.5. The number of amides is 2. The van der Waals surface area contributed by atoms with Crippen molar-refractivity contribution in [2.75, 3.05) is 13.2 Å². The fourth-order valence-corrected chi connectivity index (χ4v) is 3.89. The SMILES string of the molecule is O=C1c2ccccc2C(=O)N1CCOc1ccc2c(-c3cccc(F)c3F)noc2c1Cl. The number of carbonyl (C=O) groups is 2. The lowest BCUT2D eigenvalue weighted by Gasteiger charge is -2.15. The highest BCUT2D eigenvalue weighted by Crippen LogP contribution is 2.38. The van der Waals surface area contributed by atoms with Crippen LogP contribution in [0.2, 0.25) is 5.02 Å². The van der Waals surface area contributed by atoms with Crippen LogP contribution in [-0.2, 0) is 0 Å². The minimum Gasteiger partial charge on any atom is -0.490 e. The first-order valence-electron chi connectivity index (χ1n) is 9.57. The number of benzene rings is 3. The van der Waals surface area contributed by atoms with Crippen LogP contribution < -0.4 is 4.74 Å². The van der Waals surface area contributed by atoms with E-state index < -0.39 is 11.6 Å². The van der Waals surface area contributed by atoms with Crippen molar-refractivity contribution in [3.8, 4) is 17.0 Å². The number of halogens is 3. The predicted octanol–water partition coefficient (Wildman–Crippen LogP) is 5.10. The Morgan fingerprint density at radius 2 is 1.62 bits per heavy atom. The summed E-state index contributed by atoms with van der Waals surface area (Å²) >= 11 is 6.37. The number of rotatable bonds is 5. The number of nitrogens with zero attached hydrogens (tertiary/aromatic N) is 2. The third kappa shape index (κ3) is 3.11. The fraction of sp³-hybridized carbons (Fsp3) is 0.0870. The van der Waals surface area contributed by atoms with Crippen molar-refractivity contribution >= 4 is 34.4 Å². The molecule has 1 aliphatic rings. The molecule has 0 fully saturated rings. The molecule has 4 aromatic rings. The van der Waals surface area contributed by atoms with Gasteiger partial charge in [-0.25, -0.2) is 8.78 Å². The Balaban J connectivity index is 1.35. The third-order valence-corrected chi connectivity index (χ3v) is 5.56. The average Bonchev–Trinajstić information content (AvgIpc) is 3.33. The van der Waals surface area contributed by atoms with Crippen LogP contribution in [0.3, 0.4) is 0 Å². The van der Waals surface area contributed by atoms with E-state index in [1.54, 1.807) is 30.3 Å². The molecule has 0 radical (unpaired) electrons. The van der Waals surface area contributed by atoms with Crippen molar-refractivity contribution in [1.82, 2.24) is 10.1 Å². The maximum Gasteiger partial charge on any atom is 0.261 e. The second-order valence-corrected chi connectivity index (χ2v) is 7.42. The molecule has 0 N–H and O–H groups in total. The van der Waals surface area contributed by atoms with Gasteiger partial charge in [0, 0.05) is 5.56 Å². The Kier molecular flexibility index (Phi) is 4.86. The highest BCUT2D eigenvalue weighted by molar-refractivity contribution is 6.36. The maximum atomic E-state index is 14.2. The molecular formula is C23H13ClF2N2O4. The van der Waals surface area contributed by atoms with Crippen LogP contribution in [0.1, 0.15) is 20.7 Å². The lowest BCUT2D eigenvalue weighted by atomic mass is 10.1. The van der Waals surface area contributed by atoms with Gasteiger partial charge in [-0.15, -0.1) is 0 Å². The van der Waals surface area contributed by atoms with Crippen molar-refractivity contribution in [2.45, 2.75) is 0 Å². The number of hydrogen-bond donors (Lipinski definition) is 0. The molecule has 2 amide bonds. The molecule has 1 aliphatic heterocycles. The molecule has 0 aliphatic carbocycles. The monoisotopic (exact) mass is 454 g/mol. The molecule has 0 unspecified atom stereocenters. The second-order valence-electron chi connectivity index (χ2n) is 7.04. The summed E-state index contributed by atoms with van der Waals surface area (Å²) in [6, 6.07) is 13.5. The Hall–Kier alpha value is -3.78. The zero-order valence-electron chi connectivity index (χ0n) is 16.3. The number of ether oxygens (including phenoxy) is 1. The van der Waals surface area contributed by atoms with Crippen LogP contribution in [0.15, 0.2) is 59.1 Å². The van der Waals surface area contributed by atoms with Gasteiger partial charge in [0.15, 0.2) is 17.2 Å². The van der Waals surface area contributed by atoms with Gasteiger partial charge in [0.2, 0.25) is 0 Å². The zero-order chi connectivity index (χ0) is 22.4. The van der Waals surface area contributed by atoms with Crippen molar-refractivity contribution < 1.29 is 27.6 Å². The van der Waals surface area contributed by atoms with Gasteiger partial charge in [0.05, 0.1) is 23.1 Å². The summed E-state index contributed by atoms with van der Waals surface area (Å²) in [5.74, 6) is -2.57. The average molecular weight is 455 g/mol.